The Labute approximate surface area is 78.1 Å². The molecule has 13 heavy (non-hydrogen) atoms. The molecule has 5 heteroatoms. The van der Waals surface area contributed by atoms with Gasteiger partial charge in [-0.1, -0.05) is 0 Å². The number of amides is 2. The van der Waals surface area contributed by atoms with E-state index in [9.17, 15) is 9.59 Å². The van der Waals surface area contributed by atoms with Crippen LogP contribution in [0.2, 0.25) is 0 Å². The van der Waals surface area contributed by atoms with Gasteiger partial charge in [-0.15, -0.1) is 0 Å². The van der Waals surface area contributed by atoms with Crippen LogP contribution in [-0.4, -0.2) is 30.9 Å². The second kappa shape index (κ2) is 6.42. The molecule has 5 nitrogen and oxygen atoms in total. The monoisotopic (exact) mass is 187 g/mol. The minimum absolute atomic E-state index is 0.0359. The standard InChI is InChI=1S/C8H17N3O2/c1-6(2)11-7(12)3-4-10-8(13)5-9/h6H,3-5,9H2,1-2H3,(H,10,13)(H,11,12). The Bertz CT molecular complexity index is 180. The lowest BCUT2D eigenvalue weighted by molar-refractivity contribution is -0.122. The maximum absolute atomic E-state index is 11.0. The van der Waals surface area contributed by atoms with E-state index in [1.54, 1.807) is 0 Å². The SMILES string of the molecule is CC(C)NC(=O)CCNC(=O)CN. The molecule has 0 unspecified atom stereocenters. The molecule has 0 radical (unpaired) electrons. The van der Waals surface area contributed by atoms with Gasteiger partial charge in [0, 0.05) is 19.0 Å². The molecule has 0 bridgehead atoms. The summed E-state index contributed by atoms with van der Waals surface area (Å²) in [7, 11) is 0. The lowest BCUT2D eigenvalue weighted by atomic mass is 10.3. The van der Waals surface area contributed by atoms with Crippen molar-refractivity contribution in [3.05, 3.63) is 0 Å². The van der Waals surface area contributed by atoms with Gasteiger partial charge in [0.1, 0.15) is 0 Å². The van der Waals surface area contributed by atoms with Crippen LogP contribution in [-0.2, 0) is 9.59 Å². The average molecular weight is 187 g/mol. The quantitative estimate of drug-likeness (QED) is 0.515. The Morgan fingerprint density at radius 1 is 1.31 bits per heavy atom. The molecule has 0 aromatic heterocycles. The van der Waals surface area contributed by atoms with Crippen LogP contribution in [0, 0.1) is 0 Å². The topological polar surface area (TPSA) is 84.2 Å². The maximum Gasteiger partial charge on any atom is 0.233 e. The van der Waals surface area contributed by atoms with E-state index < -0.39 is 0 Å². The van der Waals surface area contributed by atoms with Crippen molar-refractivity contribution in [2.75, 3.05) is 13.1 Å². The Balaban J connectivity index is 3.42. The Hall–Kier alpha value is -1.10. The number of carbonyl (C=O) groups excluding carboxylic acids is 2. The molecule has 2 amide bonds. The second-order valence-corrected chi connectivity index (χ2v) is 3.03. The van der Waals surface area contributed by atoms with Crippen molar-refractivity contribution in [2.24, 2.45) is 5.73 Å². The van der Waals surface area contributed by atoms with E-state index in [1.165, 1.54) is 0 Å². The van der Waals surface area contributed by atoms with Gasteiger partial charge in [0.2, 0.25) is 11.8 Å². The lowest BCUT2D eigenvalue weighted by Gasteiger charge is -2.08. The zero-order chi connectivity index (χ0) is 10.3. The third-order valence-electron chi connectivity index (χ3n) is 1.31. The maximum atomic E-state index is 11.0. The van der Waals surface area contributed by atoms with E-state index in [0.29, 0.717) is 13.0 Å². The largest absolute Gasteiger partial charge is 0.354 e. The van der Waals surface area contributed by atoms with Crippen LogP contribution in [0.4, 0.5) is 0 Å². The van der Waals surface area contributed by atoms with Crippen LogP contribution in [0.3, 0.4) is 0 Å². The summed E-state index contributed by atoms with van der Waals surface area (Å²) in [6.07, 6.45) is 0.296. The lowest BCUT2D eigenvalue weighted by Crippen LogP contribution is -2.36. The van der Waals surface area contributed by atoms with Gasteiger partial charge in [-0.2, -0.15) is 0 Å². The fraction of sp³-hybridized carbons (Fsp3) is 0.750. The summed E-state index contributed by atoms with van der Waals surface area (Å²) in [5, 5.41) is 5.22. The number of nitrogens with two attached hydrogens (primary N) is 1. The van der Waals surface area contributed by atoms with Crippen molar-refractivity contribution in [3.63, 3.8) is 0 Å². The van der Waals surface area contributed by atoms with Crippen molar-refractivity contribution in [3.8, 4) is 0 Å². The highest BCUT2D eigenvalue weighted by atomic mass is 16.2. The van der Waals surface area contributed by atoms with Crippen molar-refractivity contribution in [1.29, 1.82) is 0 Å². The molecule has 0 saturated carbocycles. The molecule has 0 fully saturated rings. The van der Waals surface area contributed by atoms with E-state index in [0.717, 1.165) is 0 Å². The summed E-state index contributed by atoms with van der Waals surface area (Å²) in [6, 6.07) is 0.137. The van der Waals surface area contributed by atoms with Gasteiger partial charge in [0.15, 0.2) is 0 Å². The molecule has 4 N–H and O–H groups in total. The predicted molar refractivity (Wildman–Crippen MR) is 50.0 cm³/mol. The van der Waals surface area contributed by atoms with Crippen molar-refractivity contribution in [1.82, 2.24) is 10.6 Å². The second-order valence-electron chi connectivity index (χ2n) is 3.03. The summed E-state index contributed by atoms with van der Waals surface area (Å²) in [6.45, 7) is 4.08. The van der Waals surface area contributed by atoms with Crippen LogP contribution in [0.25, 0.3) is 0 Å². The van der Waals surface area contributed by atoms with Crippen LogP contribution >= 0.6 is 0 Å². The van der Waals surface area contributed by atoms with Gasteiger partial charge in [0.25, 0.3) is 0 Å². The fourth-order valence-corrected chi connectivity index (χ4v) is 0.782. The van der Waals surface area contributed by atoms with Crippen molar-refractivity contribution < 1.29 is 9.59 Å². The van der Waals surface area contributed by atoms with Crippen LogP contribution in [0.5, 0.6) is 0 Å². The highest BCUT2D eigenvalue weighted by Gasteiger charge is 2.03. The number of nitrogens with one attached hydrogen (secondary N) is 2. The first-order valence-corrected chi connectivity index (χ1v) is 4.32. The number of rotatable bonds is 5. The number of carbonyl (C=O) groups is 2. The number of hydrogen-bond acceptors (Lipinski definition) is 3. The zero-order valence-corrected chi connectivity index (χ0v) is 8.09. The Kier molecular flexibility index (Phi) is 5.88. The summed E-state index contributed by atoms with van der Waals surface area (Å²) in [5.41, 5.74) is 5.06. The molecule has 0 heterocycles. The number of hydrogen-bond donors (Lipinski definition) is 3. The molecule has 0 saturated heterocycles. The fourth-order valence-electron chi connectivity index (χ4n) is 0.782. The molecule has 0 aromatic carbocycles. The molecule has 0 aliphatic rings. The van der Waals surface area contributed by atoms with Gasteiger partial charge < -0.3 is 16.4 Å². The molecule has 0 spiro atoms. The minimum atomic E-state index is -0.239. The van der Waals surface area contributed by atoms with Crippen LogP contribution in [0.1, 0.15) is 20.3 Å². The molecular formula is C8H17N3O2. The normalized spacial score (nSPS) is 9.85. The highest BCUT2D eigenvalue weighted by molar-refractivity contribution is 5.79. The summed E-state index contributed by atoms with van der Waals surface area (Å²) < 4.78 is 0. The van der Waals surface area contributed by atoms with Gasteiger partial charge in [-0.05, 0) is 13.8 Å². The molecular weight excluding hydrogens is 170 g/mol. The van der Waals surface area contributed by atoms with E-state index in [1.807, 2.05) is 13.8 Å². The summed E-state index contributed by atoms with van der Waals surface area (Å²) >= 11 is 0. The van der Waals surface area contributed by atoms with Gasteiger partial charge in [-0.25, -0.2) is 0 Å². The first kappa shape index (κ1) is 11.9. The van der Waals surface area contributed by atoms with Crippen molar-refractivity contribution >= 4 is 11.8 Å². The van der Waals surface area contributed by atoms with Crippen molar-refractivity contribution in [2.45, 2.75) is 26.3 Å². The minimum Gasteiger partial charge on any atom is -0.354 e. The third kappa shape index (κ3) is 7.27. The molecule has 0 aromatic rings. The van der Waals surface area contributed by atoms with Gasteiger partial charge in [-0.3, -0.25) is 9.59 Å². The Morgan fingerprint density at radius 3 is 2.38 bits per heavy atom. The molecule has 0 atom stereocenters. The third-order valence-corrected chi connectivity index (χ3v) is 1.31. The van der Waals surface area contributed by atoms with Crippen LogP contribution in [0.15, 0.2) is 0 Å². The zero-order valence-electron chi connectivity index (χ0n) is 8.09. The van der Waals surface area contributed by atoms with E-state index in [2.05, 4.69) is 10.6 Å². The van der Waals surface area contributed by atoms with E-state index in [-0.39, 0.29) is 24.4 Å². The van der Waals surface area contributed by atoms with E-state index in [4.69, 9.17) is 5.73 Å². The first-order chi connectivity index (χ1) is 6.06. The average Bonchev–Trinajstić information content (AvgIpc) is 2.02. The highest BCUT2D eigenvalue weighted by Crippen LogP contribution is 1.81. The smallest absolute Gasteiger partial charge is 0.233 e. The van der Waals surface area contributed by atoms with Gasteiger partial charge >= 0.3 is 0 Å². The van der Waals surface area contributed by atoms with E-state index >= 15 is 0 Å². The molecule has 0 rings (SSSR count). The first-order valence-electron chi connectivity index (χ1n) is 4.32. The van der Waals surface area contributed by atoms with Crippen LogP contribution < -0.4 is 16.4 Å². The summed E-state index contributed by atoms with van der Waals surface area (Å²) in [4.78, 5) is 21.7. The van der Waals surface area contributed by atoms with Gasteiger partial charge in [0.05, 0.1) is 6.54 Å². The molecule has 0 aliphatic heterocycles. The Morgan fingerprint density at radius 2 is 1.92 bits per heavy atom. The summed E-state index contributed by atoms with van der Waals surface area (Å²) in [5.74, 6) is -0.301. The predicted octanol–water partition coefficient (Wildman–Crippen LogP) is -1.02. The molecule has 0 aliphatic carbocycles. The molecule has 76 valence electrons.